The summed E-state index contributed by atoms with van der Waals surface area (Å²) in [6.45, 7) is 2.52. The van der Waals surface area contributed by atoms with Crippen molar-refractivity contribution >= 4 is 11.7 Å². The van der Waals surface area contributed by atoms with Crippen molar-refractivity contribution in [2.75, 3.05) is 0 Å². The van der Waals surface area contributed by atoms with E-state index >= 15 is 0 Å². The molecule has 0 aliphatic heterocycles. The highest BCUT2D eigenvalue weighted by atomic mass is 16.6. The summed E-state index contributed by atoms with van der Waals surface area (Å²) in [6, 6.07) is 17.4. The highest BCUT2D eigenvalue weighted by Crippen LogP contribution is 2.23. The molecule has 0 bridgehead atoms. The largest absolute Gasteiger partial charge is 0.487 e. The second kappa shape index (κ2) is 11.1. The van der Waals surface area contributed by atoms with E-state index in [0.29, 0.717) is 31.9 Å². The molecule has 0 unspecified atom stereocenters. The van der Waals surface area contributed by atoms with Gasteiger partial charge < -0.3 is 19.1 Å². The van der Waals surface area contributed by atoms with E-state index in [-0.39, 0.29) is 6.42 Å². The number of aliphatic carboxylic acids is 1. The van der Waals surface area contributed by atoms with Gasteiger partial charge in [-0.05, 0) is 54.8 Å². The number of benzene rings is 2. The van der Waals surface area contributed by atoms with E-state index in [0.717, 1.165) is 39.6 Å². The van der Waals surface area contributed by atoms with Crippen molar-refractivity contribution in [1.82, 2.24) is 4.98 Å². The third-order valence-corrected chi connectivity index (χ3v) is 5.26. The normalized spacial score (nSPS) is 14.1. The van der Waals surface area contributed by atoms with E-state index in [4.69, 9.17) is 19.1 Å². The van der Waals surface area contributed by atoms with Crippen molar-refractivity contribution in [1.29, 1.82) is 0 Å². The molecule has 0 spiro atoms. The summed E-state index contributed by atoms with van der Waals surface area (Å²) in [5.74, 6) is 1.24. The number of carbonyl (C=O) groups is 1. The number of hydrogen-bond donors (Lipinski definition) is 1. The summed E-state index contributed by atoms with van der Waals surface area (Å²) in [5, 5.41) is 13.0. The molecule has 1 heterocycles. The third-order valence-electron chi connectivity index (χ3n) is 5.26. The standard InChI is InChI=1S/C27H26N2O5/c1-19-25(28-27(34-19)22-7-3-2-4-8-22)18-32-24-13-10-21(11-14-24)17-33-29-23-9-5-6-20(16-23)12-15-26(30)31/h2-8,10-11,13-14,16H,9,12,15,17-18H2,1H3,(H,30,31)/b29-23+. The third kappa shape index (κ3) is 6.45. The molecule has 7 heteroatoms. The number of aromatic nitrogens is 1. The lowest BCUT2D eigenvalue weighted by Crippen LogP contribution is -2.02. The Balaban J connectivity index is 1.27. The SMILES string of the molecule is Cc1oc(-c2ccccc2)nc1COc1ccc(CO/N=C2/C=C(CCC(=O)O)C=CC2)cc1. The van der Waals surface area contributed by atoms with E-state index in [1.165, 1.54) is 0 Å². The zero-order valence-electron chi connectivity index (χ0n) is 18.9. The van der Waals surface area contributed by atoms with Gasteiger partial charge in [-0.25, -0.2) is 4.98 Å². The number of allylic oxidation sites excluding steroid dienone is 4. The zero-order chi connectivity index (χ0) is 23.8. The molecule has 1 aromatic heterocycles. The van der Waals surface area contributed by atoms with Gasteiger partial charge in [0.25, 0.3) is 0 Å². The van der Waals surface area contributed by atoms with Gasteiger partial charge in [-0.15, -0.1) is 0 Å². The minimum Gasteiger partial charge on any atom is -0.487 e. The molecular weight excluding hydrogens is 432 g/mol. The zero-order valence-corrected chi connectivity index (χ0v) is 18.9. The fourth-order valence-electron chi connectivity index (χ4n) is 3.41. The van der Waals surface area contributed by atoms with E-state index in [9.17, 15) is 4.79 Å². The number of carboxylic acids is 1. The predicted octanol–water partition coefficient (Wildman–Crippen LogP) is 5.85. The number of rotatable bonds is 10. The molecule has 0 atom stereocenters. The van der Waals surface area contributed by atoms with Crippen molar-refractivity contribution in [2.45, 2.75) is 39.4 Å². The van der Waals surface area contributed by atoms with Crippen LogP contribution in [0.2, 0.25) is 0 Å². The molecule has 174 valence electrons. The summed E-state index contributed by atoms with van der Waals surface area (Å²) in [5.41, 5.74) is 4.37. The molecular formula is C27H26N2O5. The van der Waals surface area contributed by atoms with E-state index in [1.807, 2.05) is 79.7 Å². The second-order valence-corrected chi connectivity index (χ2v) is 7.90. The first-order chi connectivity index (χ1) is 16.6. The smallest absolute Gasteiger partial charge is 0.303 e. The van der Waals surface area contributed by atoms with E-state index < -0.39 is 5.97 Å². The van der Waals surface area contributed by atoms with Gasteiger partial charge in [-0.2, -0.15) is 0 Å². The first kappa shape index (κ1) is 23.0. The minimum absolute atomic E-state index is 0.100. The van der Waals surface area contributed by atoms with Gasteiger partial charge in [0.15, 0.2) is 0 Å². The van der Waals surface area contributed by atoms with E-state index in [2.05, 4.69) is 10.1 Å². The average Bonchev–Trinajstić information content (AvgIpc) is 3.23. The highest BCUT2D eigenvalue weighted by Gasteiger charge is 2.12. The molecule has 3 aromatic rings. The number of ether oxygens (including phenoxy) is 1. The lowest BCUT2D eigenvalue weighted by Gasteiger charge is -2.08. The van der Waals surface area contributed by atoms with Gasteiger partial charge in [0.2, 0.25) is 5.89 Å². The fourth-order valence-corrected chi connectivity index (χ4v) is 3.41. The average molecular weight is 459 g/mol. The van der Waals surface area contributed by atoms with Crippen LogP contribution >= 0.6 is 0 Å². The Morgan fingerprint density at radius 3 is 2.68 bits per heavy atom. The summed E-state index contributed by atoms with van der Waals surface area (Å²) in [4.78, 5) is 20.8. The quantitative estimate of drug-likeness (QED) is 0.383. The van der Waals surface area contributed by atoms with Gasteiger partial charge in [-0.3, -0.25) is 4.79 Å². The molecule has 1 aliphatic rings. The van der Waals surface area contributed by atoms with Crippen molar-refractivity contribution < 1.29 is 23.9 Å². The van der Waals surface area contributed by atoms with Crippen LogP contribution in [-0.2, 0) is 22.8 Å². The Bertz CT molecular complexity index is 1210. The van der Waals surface area contributed by atoms with Gasteiger partial charge in [0.1, 0.15) is 30.4 Å². The van der Waals surface area contributed by atoms with Crippen LogP contribution in [0.3, 0.4) is 0 Å². The minimum atomic E-state index is -0.810. The molecule has 1 aliphatic carbocycles. The lowest BCUT2D eigenvalue weighted by atomic mass is 10.0. The van der Waals surface area contributed by atoms with Crippen molar-refractivity contribution in [3.8, 4) is 17.2 Å². The monoisotopic (exact) mass is 458 g/mol. The Morgan fingerprint density at radius 1 is 1.12 bits per heavy atom. The Morgan fingerprint density at radius 2 is 1.91 bits per heavy atom. The Labute approximate surface area is 198 Å². The molecule has 0 saturated heterocycles. The number of hydrogen-bond acceptors (Lipinski definition) is 6. The van der Waals surface area contributed by atoms with Crippen LogP contribution in [0.5, 0.6) is 5.75 Å². The maximum absolute atomic E-state index is 10.7. The maximum atomic E-state index is 10.7. The number of aryl methyl sites for hydroxylation is 1. The first-order valence-corrected chi connectivity index (χ1v) is 11.1. The summed E-state index contributed by atoms with van der Waals surface area (Å²) in [6.07, 6.45) is 7.03. The van der Waals surface area contributed by atoms with Crippen molar-refractivity contribution in [3.63, 3.8) is 0 Å². The second-order valence-electron chi connectivity index (χ2n) is 7.90. The van der Waals surface area contributed by atoms with Crippen LogP contribution in [0.4, 0.5) is 0 Å². The Hall–Kier alpha value is -4.13. The number of oxime groups is 1. The molecule has 0 radical (unpaired) electrons. The summed E-state index contributed by atoms with van der Waals surface area (Å²) in [7, 11) is 0. The molecule has 7 nitrogen and oxygen atoms in total. The topological polar surface area (TPSA) is 94.2 Å². The van der Waals surface area contributed by atoms with Crippen LogP contribution in [0.15, 0.2) is 88.0 Å². The highest BCUT2D eigenvalue weighted by molar-refractivity contribution is 5.97. The molecule has 4 rings (SSSR count). The summed E-state index contributed by atoms with van der Waals surface area (Å²) >= 11 is 0. The van der Waals surface area contributed by atoms with Crippen LogP contribution in [-0.4, -0.2) is 21.8 Å². The number of nitrogens with zero attached hydrogens (tertiary/aromatic N) is 2. The maximum Gasteiger partial charge on any atom is 0.303 e. The Kier molecular flexibility index (Phi) is 7.55. The first-order valence-electron chi connectivity index (χ1n) is 11.1. The van der Waals surface area contributed by atoms with E-state index in [1.54, 1.807) is 0 Å². The summed E-state index contributed by atoms with van der Waals surface area (Å²) < 4.78 is 11.7. The molecule has 34 heavy (non-hydrogen) atoms. The van der Waals surface area contributed by atoms with Crippen LogP contribution in [0, 0.1) is 6.92 Å². The van der Waals surface area contributed by atoms with Crippen LogP contribution in [0.25, 0.3) is 11.5 Å². The fraction of sp³-hybridized carbons (Fsp3) is 0.222. The van der Waals surface area contributed by atoms with Gasteiger partial charge in [0.05, 0.1) is 5.71 Å². The van der Waals surface area contributed by atoms with Crippen LogP contribution in [0.1, 0.15) is 36.3 Å². The molecule has 0 fully saturated rings. The molecule has 0 saturated carbocycles. The lowest BCUT2D eigenvalue weighted by molar-refractivity contribution is -0.136. The number of carboxylic acid groups (broad SMARTS) is 1. The van der Waals surface area contributed by atoms with Gasteiger partial charge in [-0.1, -0.05) is 47.6 Å². The number of oxazole rings is 1. The van der Waals surface area contributed by atoms with Gasteiger partial charge in [0, 0.05) is 18.4 Å². The van der Waals surface area contributed by atoms with Crippen LogP contribution < -0.4 is 4.74 Å². The molecule has 0 amide bonds. The van der Waals surface area contributed by atoms with Crippen molar-refractivity contribution in [2.24, 2.45) is 5.16 Å². The predicted molar refractivity (Wildman–Crippen MR) is 128 cm³/mol. The van der Waals surface area contributed by atoms with Gasteiger partial charge >= 0.3 is 5.97 Å². The van der Waals surface area contributed by atoms with Crippen molar-refractivity contribution in [3.05, 3.63) is 95.4 Å². The molecule has 1 N–H and O–H groups in total. The molecule has 2 aromatic carbocycles.